The SMILES string of the molecule is COc1cc(C)ccc1CN1CCO[C@@H](c2cccc(Nc3ccc(F)cn3)n2)C1. The van der Waals surface area contributed by atoms with Gasteiger partial charge in [-0.2, -0.15) is 0 Å². The number of methoxy groups -OCH3 is 1. The molecule has 0 spiro atoms. The lowest BCUT2D eigenvalue weighted by molar-refractivity contribution is -0.0350. The molecule has 0 unspecified atom stereocenters. The first-order valence-electron chi connectivity index (χ1n) is 9.94. The summed E-state index contributed by atoms with van der Waals surface area (Å²) in [6.45, 7) is 5.08. The number of nitrogens with zero attached hydrogens (tertiary/aromatic N) is 3. The van der Waals surface area contributed by atoms with Crippen molar-refractivity contribution >= 4 is 11.6 Å². The Labute approximate surface area is 175 Å². The zero-order chi connectivity index (χ0) is 20.9. The minimum absolute atomic E-state index is 0.127. The Morgan fingerprint density at radius 1 is 1.20 bits per heavy atom. The Morgan fingerprint density at radius 2 is 2.10 bits per heavy atom. The van der Waals surface area contributed by atoms with Crippen LogP contribution in [0.4, 0.5) is 16.0 Å². The average molecular weight is 408 g/mol. The Morgan fingerprint density at radius 3 is 2.90 bits per heavy atom. The first-order valence-corrected chi connectivity index (χ1v) is 9.94. The second-order valence-electron chi connectivity index (χ2n) is 7.34. The number of aryl methyl sites for hydroxylation is 1. The van der Waals surface area contributed by atoms with E-state index in [9.17, 15) is 4.39 Å². The summed E-state index contributed by atoms with van der Waals surface area (Å²) in [5, 5.41) is 3.11. The summed E-state index contributed by atoms with van der Waals surface area (Å²) in [7, 11) is 1.71. The standard InChI is InChI=1S/C23H25FN4O2/c1-16-6-7-17(20(12-16)29-2)14-28-10-11-30-21(15-28)19-4-3-5-23(26-19)27-22-9-8-18(24)13-25-22/h3-9,12-13,21H,10-11,14-15H2,1-2H3,(H,25,26,27)/t21-/m1/s1. The summed E-state index contributed by atoms with van der Waals surface area (Å²) < 4.78 is 24.6. The van der Waals surface area contributed by atoms with Gasteiger partial charge in [0.1, 0.15) is 29.3 Å². The van der Waals surface area contributed by atoms with Gasteiger partial charge in [-0.3, -0.25) is 4.90 Å². The molecule has 1 aliphatic rings. The van der Waals surface area contributed by atoms with Crippen molar-refractivity contribution < 1.29 is 13.9 Å². The maximum absolute atomic E-state index is 13.1. The number of aromatic nitrogens is 2. The molecule has 1 aromatic carbocycles. The van der Waals surface area contributed by atoms with Gasteiger partial charge in [0.15, 0.2) is 0 Å². The molecule has 6 nitrogen and oxygen atoms in total. The largest absolute Gasteiger partial charge is 0.496 e. The van der Waals surface area contributed by atoms with Crippen LogP contribution >= 0.6 is 0 Å². The van der Waals surface area contributed by atoms with E-state index in [1.54, 1.807) is 13.2 Å². The van der Waals surface area contributed by atoms with Crippen molar-refractivity contribution in [3.8, 4) is 5.75 Å². The lowest BCUT2D eigenvalue weighted by Crippen LogP contribution is -2.38. The van der Waals surface area contributed by atoms with Crippen LogP contribution in [0.3, 0.4) is 0 Å². The predicted octanol–water partition coefficient (Wildman–Crippen LogP) is 4.25. The van der Waals surface area contributed by atoms with Gasteiger partial charge in [-0.15, -0.1) is 0 Å². The van der Waals surface area contributed by atoms with Crippen molar-refractivity contribution in [3.05, 3.63) is 77.4 Å². The molecule has 0 amide bonds. The Hall–Kier alpha value is -3.03. The Balaban J connectivity index is 1.45. The first kappa shape index (κ1) is 20.3. The lowest BCUT2D eigenvalue weighted by Gasteiger charge is -2.33. The van der Waals surface area contributed by atoms with Crippen LogP contribution in [0.5, 0.6) is 5.75 Å². The van der Waals surface area contributed by atoms with E-state index >= 15 is 0 Å². The van der Waals surface area contributed by atoms with Gasteiger partial charge in [0.25, 0.3) is 0 Å². The maximum atomic E-state index is 13.1. The quantitative estimate of drug-likeness (QED) is 0.658. The third kappa shape index (κ3) is 4.93. The number of ether oxygens (including phenoxy) is 2. The zero-order valence-electron chi connectivity index (χ0n) is 17.1. The molecule has 0 bridgehead atoms. The van der Waals surface area contributed by atoms with Crippen molar-refractivity contribution in [2.24, 2.45) is 0 Å². The van der Waals surface area contributed by atoms with Crippen molar-refractivity contribution in [1.82, 2.24) is 14.9 Å². The number of pyridine rings is 2. The molecule has 1 fully saturated rings. The number of hydrogen-bond acceptors (Lipinski definition) is 6. The minimum atomic E-state index is -0.372. The van der Waals surface area contributed by atoms with Crippen molar-refractivity contribution in [3.63, 3.8) is 0 Å². The van der Waals surface area contributed by atoms with E-state index in [-0.39, 0.29) is 11.9 Å². The summed E-state index contributed by atoms with van der Waals surface area (Å²) in [4.78, 5) is 11.1. The van der Waals surface area contributed by atoms with Crippen LogP contribution in [-0.2, 0) is 11.3 Å². The smallest absolute Gasteiger partial charge is 0.141 e. The molecular weight excluding hydrogens is 383 g/mol. The molecule has 4 rings (SSSR count). The van der Waals surface area contributed by atoms with Crippen molar-refractivity contribution in [1.29, 1.82) is 0 Å². The van der Waals surface area contributed by atoms with Gasteiger partial charge >= 0.3 is 0 Å². The second-order valence-corrected chi connectivity index (χ2v) is 7.34. The highest BCUT2D eigenvalue weighted by Gasteiger charge is 2.24. The fourth-order valence-electron chi connectivity index (χ4n) is 3.53. The fourth-order valence-corrected chi connectivity index (χ4v) is 3.53. The molecule has 1 N–H and O–H groups in total. The number of halogens is 1. The molecule has 156 valence electrons. The Kier molecular flexibility index (Phi) is 6.21. The molecule has 1 atom stereocenters. The molecule has 0 radical (unpaired) electrons. The van der Waals surface area contributed by atoms with Gasteiger partial charge in [-0.05, 0) is 42.8 Å². The van der Waals surface area contributed by atoms with Crippen LogP contribution in [0.1, 0.15) is 22.9 Å². The number of hydrogen-bond donors (Lipinski definition) is 1. The highest BCUT2D eigenvalue weighted by Crippen LogP contribution is 2.26. The molecule has 0 aliphatic carbocycles. The average Bonchev–Trinajstić information content (AvgIpc) is 2.77. The first-order chi connectivity index (χ1) is 14.6. The number of anilines is 2. The molecule has 2 aromatic heterocycles. The summed E-state index contributed by atoms with van der Waals surface area (Å²) in [6, 6.07) is 15.0. The van der Waals surface area contributed by atoms with Gasteiger partial charge in [0.05, 0.1) is 25.6 Å². The normalized spacial score (nSPS) is 17.0. The van der Waals surface area contributed by atoms with Crippen LogP contribution in [-0.4, -0.2) is 41.7 Å². The maximum Gasteiger partial charge on any atom is 0.141 e. The van der Waals surface area contributed by atoms with Gasteiger partial charge in [0, 0.05) is 25.2 Å². The second kappa shape index (κ2) is 9.19. The van der Waals surface area contributed by atoms with Gasteiger partial charge < -0.3 is 14.8 Å². The third-order valence-corrected chi connectivity index (χ3v) is 5.07. The van der Waals surface area contributed by atoms with Crippen LogP contribution in [0.25, 0.3) is 0 Å². The van der Waals surface area contributed by atoms with E-state index < -0.39 is 0 Å². The number of rotatable bonds is 6. The molecule has 3 heterocycles. The van der Waals surface area contributed by atoms with Gasteiger partial charge in [-0.1, -0.05) is 18.2 Å². The molecular formula is C23H25FN4O2. The van der Waals surface area contributed by atoms with E-state index in [0.717, 1.165) is 36.6 Å². The summed E-state index contributed by atoms with van der Waals surface area (Å²) in [5.41, 5.74) is 3.19. The van der Waals surface area contributed by atoms with Crippen molar-refractivity contribution in [2.45, 2.75) is 19.6 Å². The minimum Gasteiger partial charge on any atom is -0.496 e. The Bertz CT molecular complexity index is 997. The van der Waals surface area contributed by atoms with Crippen LogP contribution < -0.4 is 10.1 Å². The molecule has 0 saturated carbocycles. The predicted molar refractivity (Wildman–Crippen MR) is 113 cm³/mol. The topological polar surface area (TPSA) is 59.5 Å². The zero-order valence-corrected chi connectivity index (χ0v) is 17.1. The third-order valence-electron chi connectivity index (χ3n) is 5.07. The molecule has 1 aliphatic heterocycles. The van der Waals surface area contributed by atoms with Crippen LogP contribution in [0.15, 0.2) is 54.7 Å². The van der Waals surface area contributed by atoms with Crippen LogP contribution in [0, 0.1) is 12.7 Å². The highest BCUT2D eigenvalue weighted by atomic mass is 19.1. The van der Waals surface area contributed by atoms with Crippen LogP contribution in [0.2, 0.25) is 0 Å². The molecule has 7 heteroatoms. The summed E-state index contributed by atoms with van der Waals surface area (Å²) in [5.74, 6) is 1.73. The number of nitrogens with one attached hydrogen (secondary N) is 1. The van der Waals surface area contributed by atoms with E-state index in [1.807, 2.05) is 18.2 Å². The van der Waals surface area contributed by atoms with Gasteiger partial charge in [-0.25, -0.2) is 14.4 Å². The number of morpholine rings is 1. The summed E-state index contributed by atoms with van der Waals surface area (Å²) in [6.07, 6.45) is 1.05. The van der Waals surface area contributed by atoms with E-state index in [4.69, 9.17) is 9.47 Å². The van der Waals surface area contributed by atoms with E-state index in [1.165, 1.54) is 17.8 Å². The fraction of sp³-hybridized carbons (Fsp3) is 0.304. The summed E-state index contributed by atoms with van der Waals surface area (Å²) >= 11 is 0. The van der Waals surface area contributed by atoms with E-state index in [2.05, 4.69) is 45.3 Å². The van der Waals surface area contributed by atoms with E-state index in [0.29, 0.717) is 18.2 Å². The monoisotopic (exact) mass is 408 g/mol. The molecule has 30 heavy (non-hydrogen) atoms. The van der Waals surface area contributed by atoms with Crippen molar-refractivity contribution in [2.75, 3.05) is 32.1 Å². The highest BCUT2D eigenvalue weighted by molar-refractivity contribution is 5.51. The number of benzene rings is 1. The molecule has 3 aromatic rings. The molecule has 1 saturated heterocycles. The lowest BCUT2D eigenvalue weighted by atomic mass is 10.1. The van der Waals surface area contributed by atoms with Gasteiger partial charge in [0.2, 0.25) is 0 Å².